The third kappa shape index (κ3) is 9.53. The number of anilines is 3. The molecule has 1 aromatic heterocycles. The average Bonchev–Trinajstić information content (AvgIpc) is 3.49. The fraction of sp³-hybridized carbons (Fsp3) is 0.404. The van der Waals surface area contributed by atoms with Crippen LogP contribution in [-0.4, -0.2) is 104 Å². The number of imide groups is 1. The summed E-state index contributed by atoms with van der Waals surface area (Å²) in [5.41, 5.74) is 13.1. The molecule has 3 saturated heterocycles. The molecule has 0 saturated carbocycles. The van der Waals surface area contributed by atoms with E-state index in [0.29, 0.717) is 35.5 Å². The second kappa shape index (κ2) is 17.8. The molecule has 3 aromatic carbocycles. The van der Waals surface area contributed by atoms with Crippen LogP contribution in [0.4, 0.5) is 17.3 Å². The summed E-state index contributed by atoms with van der Waals surface area (Å²) < 4.78 is 0. The van der Waals surface area contributed by atoms with Gasteiger partial charge in [-0.1, -0.05) is 24.3 Å². The minimum Gasteiger partial charge on any atom is -0.393 e. The molecular formula is C47H57N11O5. The number of carbonyl (C=O) groups is 4. The van der Waals surface area contributed by atoms with E-state index in [4.69, 9.17) is 16.6 Å². The monoisotopic (exact) mass is 855 g/mol. The van der Waals surface area contributed by atoms with Gasteiger partial charge in [-0.25, -0.2) is 15.8 Å². The highest BCUT2D eigenvalue weighted by atomic mass is 16.3. The van der Waals surface area contributed by atoms with Crippen molar-refractivity contribution in [2.75, 3.05) is 42.9 Å². The van der Waals surface area contributed by atoms with Crippen LogP contribution in [-0.2, 0) is 16.1 Å². The molecule has 8 N–H and O–H groups in total. The Balaban J connectivity index is 0.783. The van der Waals surface area contributed by atoms with Crippen LogP contribution in [0.2, 0.25) is 0 Å². The van der Waals surface area contributed by atoms with E-state index in [1.165, 1.54) is 16.8 Å². The highest BCUT2D eigenvalue weighted by Gasteiger charge is 2.45. The Morgan fingerprint density at radius 3 is 2.38 bits per heavy atom. The van der Waals surface area contributed by atoms with E-state index in [1.807, 2.05) is 58.0 Å². The van der Waals surface area contributed by atoms with Crippen molar-refractivity contribution in [2.45, 2.75) is 83.6 Å². The Morgan fingerprint density at radius 1 is 0.952 bits per heavy atom. The lowest BCUT2D eigenvalue weighted by molar-refractivity contribution is -0.131. The minimum atomic E-state index is -0.955. The molecule has 2 unspecified atom stereocenters. The van der Waals surface area contributed by atoms with Gasteiger partial charge in [0.25, 0.3) is 17.7 Å². The van der Waals surface area contributed by atoms with Gasteiger partial charge in [-0.3, -0.25) is 24.1 Å². The molecule has 63 heavy (non-hydrogen) atoms. The summed E-state index contributed by atoms with van der Waals surface area (Å²) in [6.45, 7) is 12.9. The number of likely N-dealkylation sites (tertiary alicyclic amines) is 1. The smallest absolute Gasteiger partial charge is 0.268 e. The molecule has 0 aliphatic carbocycles. The molecule has 2 atom stereocenters. The fourth-order valence-electron chi connectivity index (χ4n) is 8.74. The highest BCUT2D eigenvalue weighted by Crippen LogP contribution is 2.35. The summed E-state index contributed by atoms with van der Waals surface area (Å²) in [5, 5.41) is 19.8. The van der Waals surface area contributed by atoms with Crippen molar-refractivity contribution in [1.82, 2.24) is 35.4 Å². The second-order valence-electron chi connectivity index (χ2n) is 18.2. The van der Waals surface area contributed by atoms with Crippen LogP contribution in [0.25, 0.3) is 11.3 Å². The summed E-state index contributed by atoms with van der Waals surface area (Å²) in [6, 6.07) is 20.9. The maximum Gasteiger partial charge on any atom is 0.268 e. The van der Waals surface area contributed by atoms with Gasteiger partial charge in [0, 0.05) is 67.0 Å². The van der Waals surface area contributed by atoms with Crippen LogP contribution < -0.4 is 32.4 Å². The largest absolute Gasteiger partial charge is 0.393 e. The zero-order valence-corrected chi connectivity index (χ0v) is 36.3. The number of carbonyl (C=O) groups excluding carboxylic acids is 4. The third-order valence-corrected chi connectivity index (χ3v) is 12.7. The Kier molecular flexibility index (Phi) is 12.2. The first-order chi connectivity index (χ1) is 30.1. The molecule has 4 aromatic rings. The third-order valence-electron chi connectivity index (χ3n) is 12.7. The van der Waals surface area contributed by atoms with Crippen LogP contribution in [0.3, 0.4) is 0 Å². The molecule has 16 nitrogen and oxygen atoms in total. The van der Waals surface area contributed by atoms with E-state index in [0.717, 1.165) is 84.2 Å². The summed E-state index contributed by atoms with van der Waals surface area (Å²) in [7, 11) is 0. The number of benzene rings is 3. The van der Waals surface area contributed by atoms with Crippen molar-refractivity contribution in [3.63, 3.8) is 0 Å². The topological polar surface area (TPSA) is 215 Å². The number of amides is 4. The summed E-state index contributed by atoms with van der Waals surface area (Å²) >= 11 is 0. The number of aromatic nitrogens is 2. The number of nitrogens with one attached hydrogen (secondary N) is 3. The standard InChI is InChI=1S/C47H57N11O5/c1-28-21-32(5-6-33(28)23-51-42(60)38(48)27-57(49)47(2,3)4)39-15-18-50-46(53-39)52-34-9-7-30(8-10-34)31-16-19-55(20-17-31)24-29-25-56(26-29)35-11-12-36-37(22-35)45(63)58(44(36)62)40-13-14-41(59)54-43(40)61/h5-12,15,18,21-22,27,29,31,40-41,59H,13-14,16-17,19-20,23-26,48-49H2,1-4H3,(H,51,60)(H,54,61)(H,50,52,53)/b38-27-. The number of piperidine rings is 2. The fourth-order valence-corrected chi connectivity index (χ4v) is 8.74. The van der Waals surface area contributed by atoms with Crippen molar-refractivity contribution < 1.29 is 24.3 Å². The highest BCUT2D eigenvalue weighted by molar-refractivity contribution is 6.23. The molecule has 16 heteroatoms. The summed E-state index contributed by atoms with van der Waals surface area (Å²) in [4.78, 5) is 66.6. The number of hydrazine groups is 1. The average molecular weight is 856 g/mol. The number of rotatable bonds is 12. The SMILES string of the molecule is Cc1cc(-c2ccnc(Nc3ccc(C4CCN(CC5CN(c6ccc7c(c6)C(=O)N(C6CCC(O)NC6=O)C7=O)C5)CC4)cc3)n2)ccc1CNC(=O)/C(N)=C/N(N)C(C)(C)C. The van der Waals surface area contributed by atoms with Gasteiger partial charge in [0.05, 0.1) is 16.8 Å². The van der Waals surface area contributed by atoms with Crippen molar-refractivity contribution in [1.29, 1.82) is 0 Å². The first kappa shape index (κ1) is 43.3. The lowest BCUT2D eigenvalue weighted by atomic mass is 9.88. The minimum absolute atomic E-state index is 0.0384. The predicted molar refractivity (Wildman–Crippen MR) is 240 cm³/mol. The quantitative estimate of drug-likeness (QED) is 0.0513. The summed E-state index contributed by atoms with van der Waals surface area (Å²) in [5.74, 6) is 5.70. The van der Waals surface area contributed by atoms with Crippen molar-refractivity contribution in [2.24, 2.45) is 17.5 Å². The van der Waals surface area contributed by atoms with Gasteiger partial charge >= 0.3 is 0 Å². The van der Waals surface area contributed by atoms with E-state index in [1.54, 1.807) is 18.3 Å². The molecule has 0 spiro atoms. The van der Waals surface area contributed by atoms with E-state index >= 15 is 0 Å². The van der Waals surface area contributed by atoms with Gasteiger partial charge in [0.1, 0.15) is 18.0 Å². The zero-order valence-electron chi connectivity index (χ0n) is 36.3. The van der Waals surface area contributed by atoms with Gasteiger partial charge in [-0.2, -0.15) is 0 Å². The Bertz CT molecular complexity index is 2420. The molecule has 0 radical (unpaired) electrons. The molecule has 330 valence electrons. The van der Waals surface area contributed by atoms with Crippen LogP contribution in [0.1, 0.15) is 89.8 Å². The van der Waals surface area contributed by atoms with Gasteiger partial charge in [0.2, 0.25) is 11.9 Å². The molecule has 3 fully saturated rings. The molecule has 8 rings (SSSR count). The van der Waals surface area contributed by atoms with E-state index in [9.17, 15) is 24.3 Å². The number of fused-ring (bicyclic) bond motifs is 1. The lowest BCUT2D eigenvalue weighted by Crippen LogP contribution is -2.55. The molecule has 4 aliphatic heterocycles. The maximum absolute atomic E-state index is 13.3. The molecule has 4 amide bonds. The van der Waals surface area contributed by atoms with Crippen molar-refractivity contribution >= 4 is 41.0 Å². The van der Waals surface area contributed by atoms with Crippen molar-refractivity contribution in [3.05, 3.63) is 113 Å². The van der Waals surface area contributed by atoms with Crippen LogP contribution in [0.5, 0.6) is 0 Å². The van der Waals surface area contributed by atoms with Crippen LogP contribution >= 0.6 is 0 Å². The van der Waals surface area contributed by atoms with Crippen LogP contribution in [0, 0.1) is 12.8 Å². The van der Waals surface area contributed by atoms with Crippen LogP contribution in [0.15, 0.2) is 84.8 Å². The lowest BCUT2D eigenvalue weighted by Gasteiger charge is -2.44. The van der Waals surface area contributed by atoms with E-state index in [2.05, 4.69) is 55.0 Å². The molecule has 5 heterocycles. The number of hydrogen-bond acceptors (Lipinski definition) is 13. The number of aliphatic hydroxyl groups excluding tert-OH is 1. The Hall–Kier alpha value is -6.36. The number of hydrogen-bond donors (Lipinski definition) is 6. The van der Waals surface area contributed by atoms with Gasteiger partial charge < -0.3 is 41.6 Å². The first-order valence-corrected chi connectivity index (χ1v) is 21.7. The molecular weight excluding hydrogens is 799 g/mol. The van der Waals surface area contributed by atoms with Gasteiger partial charge in [-0.05, 0) is 132 Å². The number of aliphatic hydroxyl groups is 1. The predicted octanol–water partition coefficient (Wildman–Crippen LogP) is 4.09. The number of aryl methyl sites for hydroxylation is 1. The molecule has 0 bridgehead atoms. The normalized spacial score (nSPS) is 20.0. The van der Waals surface area contributed by atoms with E-state index < -0.39 is 30.0 Å². The summed E-state index contributed by atoms with van der Waals surface area (Å²) in [6.07, 6.45) is 4.93. The number of nitrogens with two attached hydrogens (primary N) is 2. The van der Waals surface area contributed by atoms with Crippen molar-refractivity contribution in [3.8, 4) is 11.3 Å². The van der Waals surface area contributed by atoms with E-state index in [-0.39, 0.29) is 30.0 Å². The first-order valence-electron chi connectivity index (χ1n) is 21.7. The number of nitrogens with zero attached hydrogens (tertiary/aromatic N) is 6. The Labute approximate surface area is 367 Å². The molecule has 4 aliphatic rings. The zero-order chi connectivity index (χ0) is 44.6. The second-order valence-corrected chi connectivity index (χ2v) is 18.2. The van der Waals surface area contributed by atoms with Gasteiger partial charge in [-0.15, -0.1) is 0 Å². The maximum atomic E-state index is 13.3. The Morgan fingerprint density at radius 2 is 1.68 bits per heavy atom. The van der Waals surface area contributed by atoms with Gasteiger partial charge in [0.15, 0.2) is 0 Å².